The molecule has 1 N–H and O–H groups in total. The molecule has 1 aliphatic heterocycles. The number of methoxy groups -OCH3 is 1. The first-order chi connectivity index (χ1) is 8.53. The van der Waals surface area contributed by atoms with Gasteiger partial charge in [0.25, 0.3) is 5.92 Å². The molecule has 1 aliphatic rings. The van der Waals surface area contributed by atoms with E-state index < -0.39 is 11.7 Å². The second-order valence-corrected chi connectivity index (χ2v) is 4.61. The van der Waals surface area contributed by atoms with Crippen LogP contribution in [0.3, 0.4) is 0 Å². The SMILES string of the molecule is COc1ccc(F)cc1C(F)(F)CC1CCNC1. The highest BCUT2D eigenvalue weighted by Crippen LogP contribution is 2.41. The van der Waals surface area contributed by atoms with Crippen molar-refractivity contribution in [2.24, 2.45) is 5.92 Å². The Bertz CT molecular complexity index is 417. The molecule has 1 atom stereocenters. The number of halogens is 3. The molecule has 5 heteroatoms. The van der Waals surface area contributed by atoms with Crippen LogP contribution in [-0.4, -0.2) is 20.2 Å². The molecule has 100 valence electrons. The molecule has 0 aliphatic carbocycles. The lowest BCUT2D eigenvalue weighted by molar-refractivity contribution is -0.0289. The molecule has 0 amide bonds. The molecule has 1 saturated heterocycles. The molecule has 1 aromatic carbocycles. The van der Waals surface area contributed by atoms with E-state index in [9.17, 15) is 13.2 Å². The summed E-state index contributed by atoms with van der Waals surface area (Å²) in [6, 6.07) is 3.22. The molecule has 18 heavy (non-hydrogen) atoms. The topological polar surface area (TPSA) is 21.3 Å². The number of rotatable bonds is 4. The Hall–Kier alpha value is -1.23. The van der Waals surface area contributed by atoms with Crippen molar-refractivity contribution in [1.82, 2.24) is 5.32 Å². The average molecular weight is 259 g/mol. The van der Waals surface area contributed by atoms with Gasteiger partial charge in [-0.15, -0.1) is 0 Å². The highest BCUT2D eigenvalue weighted by atomic mass is 19.3. The molecule has 2 nitrogen and oxygen atoms in total. The van der Waals surface area contributed by atoms with Gasteiger partial charge in [-0.2, -0.15) is 0 Å². The third kappa shape index (κ3) is 2.77. The van der Waals surface area contributed by atoms with Gasteiger partial charge in [0, 0.05) is 6.42 Å². The summed E-state index contributed by atoms with van der Waals surface area (Å²) in [6.07, 6.45) is 0.451. The van der Waals surface area contributed by atoms with Gasteiger partial charge in [0.15, 0.2) is 0 Å². The lowest BCUT2D eigenvalue weighted by atomic mass is 9.94. The monoisotopic (exact) mass is 259 g/mol. The summed E-state index contributed by atoms with van der Waals surface area (Å²) in [5, 5.41) is 3.05. The minimum atomic E-state index is -3.07. The predicted molar refractivity (Wildman–Crippen MR) is 62.4 cm³/mol. The largest absolute Gasteiger partial charge is 0.496 e. The van der Waals surface area contributed by atoms with Crippen molar-refractivity contribution in [3.63, 3.8) is 0 Å². The van der Waals surface area contributed by atoms with Gasteiger partial charge in [0.2, 0.25) is 0 Å². The van der Waals surface area contributed by atoms with Gasteiger partial charge < -0.3 is 10.1 Å². The van der Waals surface area contributed by atoms with Gasteiger partial charge >= 0.3 is 0 Å². The standard InChI is InChI=1S/C13H16F3NO/c1-18-12-3-2-10(14)6-11(12)13(15,16)7-9-4-5-17-8-9/h2-3,6,9,17H,4-5,7-8H2,1H3. The van der Waals surface area contributed by atoms with E-state index in [1.54, 1.807) is 0 Å². The van der Waals surface area contributed by atoms with Crippen LogP contribution in [0.15, 0.2) is 18.2 Å². The highest BCUT2D eigenvalue weighted by molar-refractivity contribution is 5.37. The quantitative estimate of drug-likeness (QED) is 0.897. The maximum Gasteiger partial charge on any atom is 0.277 e. The lowest BCUT2D eigenvalue weighted by Gasteiger charge is -2.22. The summed E-state index contributed by atoms with van der Waals surface area (Å²) in [5.74, 6) is -3.78. The van der Waals surface area contributed by atoms with Crippen LogP contribution in [0.25, 0.3) is 0 Å². The molecular formula is C13H16F3NO. The van der Waals surface area contributed by atoms with E-state index in [4.69, 9.17) is 4.74 Å². The molecule has 2 rings (SSSR count). The first kappa shape index (κ1) is 13.2. The van der Waals surface area contributed by atoms with Gasteiger partial charge in [0.05, 0.1) is 12.7 Å². The highest BCUT2D eigenvalue weighted by Gasteiger charge is 2.38. The predicted octanol–water partition coefficient (Wildman–Crippen LogP) is 2.93. The van der Waals surface area contributed by atoms with Crippen molar-refractivity contribution in [1.29, 1.82) is 0 Å². The van der Waals surface area contributed by atoms with E-state index >= 15 is 0 Å². The second-order valence-electron chi connectivity index (χ2n) is 4.61. The summed E-state index contributed by atoms with van der Waals surface area (Å²) in [7, 11) is 1.31. The molecule has 0 bridgehead atoms. The first-order valence-electron chi connectivity index (χ1n) is 5.95. The van der Waals surface area contributed by atoms with Crippen molar-refractivity contribution in [3.05, 3.63) is 29.6 Å². The maximum atomic E-state index is 14.2. The Morgan fingerprint density at radius 1 is 1.44 bits per heavy atom. The summed E-state index contributed by atoms with van der Waals surface area (Å²) in [6.45, 7) is 1.36. The molecule has 1 unspecified atom stereocenters. The van der Waals surface area contributed by atoms with E-state index in [2.05, 4.69) is 5.32 Å². The Morgan fingerprint density at radius 3 is 2.83 bits per heavy atom. The number of ether oxygens (including phenoxy) is 1. The smallest absolute Gasteiger partial charge is 0.277 e. The third-order valence-electron chi connectivity index (χ3n) is 3.26. The summed E-state index contributed by atoms with van der Waals surface area (Å²) >= 11 is 0. The fourth-order valence-electron chi connectivity index (χ4n) is 2.33. The van der Waals surface area contributed by atoms with E-state index in [1.807, 2.05) is 0 Å². The molecule has 1 fully saturated rings. The molecule has 1 heterocycles. The second kappa shape index (κ2) is 5.18. The number of hydrogen-bond acceptors (Lipinski definition) is 2. The van der Waals surface area contributed by atoms with Crippen LogP contribution < -0.4 is 10.1 Å². The van der Waals surface area contributed by atoms with Crippen LogP contribution in [0.1, 0.15) is 18.4 Å². The Kier molecular flexibility index (Phi) is 3.80. The average Bonchev–Trinajstić information content (AvgIpc) is 2.81. The zero-order valence-electron chi connectivity index (χ0n) is 10.2. The fourth-order valence-corrected chi connectivity index (χ4v) is 2.33. The fraction of sp³-hybridized carbons (Fsp3) is 0.538. The summed E-state index contributed by atoms with van der Waals surface area (Å²) < 4.78 is 46.3. The van der Waals surface area contributed by atoms with E-state index in [-0.39, 0.29) is 23.7 Å². The first-order valence-corrected chi connectivity index (χ1v) is 5.95. The minimum Gasteiger partial charge on any atom is -0.496 e. The zero-order valence-corrected chi connectivity index (χ0v) is 10.2. The van der Waals surface area contributed by atoms with Crippen molar-refractivity contribution in [2.75, 3.05) is 20.2 Å². The Labute approximate surface area is 104 Å². The normalized spacial score (nSPS) is 20.1. The minimum absolute atomic E-state index is 0.0346. The van der Waals surface area contributed by atoms with Gasteiger partial charge in [-0.05, 0) is 43.6 Å². The molecule has 0 aromatic heterocycles. The zero-order chi connectivity index (χ0) is 13.2. The van der Waals surface area contributed by atoms with Crippen molar-refractivity contribution in [3.8, 4) is 5.75 Å². The number of hydrogen-bond donors (Lipinski definition) is 1. The summed E-state index contributed by atoms with van der Waals surface area (Å²) in [4.78, 5) is 0. The van der Waals surface area contributed by atoms with Gasteiger partial charge in [-0.1, -0.05) is 0 Å². The van der Waals surface area contributed by atoms with Gasteiger partial charge in [-0.25, -0.2) is 13.2 Å². The molecule has 0 radical (unpaired) electrons. The van der Waals surface area contributed by atoms with Crippen LogP contribution in [-0.2, 0) is 5.92 Å². The molecular weight excluding hydrogens is 243 g/mol. The van der Waals surface area contributed by atoms with E-state index in [0.717, 1.165) is 25.1 Å². The molecule has 0 spiro atoms. The Morgan fingerprint density at radius 2 is 2.22 bits per heavy atom. The van der Waals surface area contributed by atoms with Crippen LogP contribution in [0.2, 0.25) is 0 Å². The van der Waals surface area contributed by atoms with Crippen molar-refractivity contribution in [2.45, 2.75) is 18.8 Å². The van der Waals surface area contributed by atoms with Gasteiger partial charge in [0.1, 0.15) is 11.6 Å². The molecule has 1 aromatic rings. The van der Waals surface area contributed by atoms with Crippen LogP contribution in [0.5, 0.6) is 5.75 Å². The lowest BCUT2D eigenvalue weighted by Crippen LogP contribution is -2.21. The van der Waals surface area contributed by atoms with Crippen LogP contribution in [0, 0.1) is 11.7 Å². The van der Waals surface area contributed by atoms with E-state index in [1.165, 1.54) is 13.2 Å². The maximum absolute atomic E-state index is 14.2. The van der Waals surface area contributed by atoms with Crippen molar-refractivity contribution >= 4 is 0 Å². The number of benzene rings is 1. The van der Waals surface area contributed by atoms with Crippen LogP contribution in [0.4, 0.5) is 13.2 Å². The van der Waals surface area contributed by atoms with Crippen LogP contribution >= 0.6 is 0 Å². The van der Waals surface area contributed by atoms with E-state index in [0.29, 0.717) is 6.54 Å². The third-order valence-corrected chi connectivity index (χ3v) is 3.26. The molecule has 0 saturated carbocycles. The summed E-state index contributed by atoms with van der Waals surface area (Å²) in [5.41, 5.74) is -0.364. The van der Waals surface area contributed by atoms with Gasteiger partial charge in [-0.3, -0.25) is 0 Å². The number of alkyl halides is 2. The Balaban J connectivity index is 2.24. The van der Waals surface area contributed by atoms with Crippen molar-refractivity contribution < 1.29 is 17.9 Å². The number of nitrogens with one attached hydrogen (secondary N) is 1.